The topological polar surface area (TPSA) is 61.0 Å². The minimum Gasteiger partial charge on any atom is -0.464 e. The summed E-state index contributed by atoms with van der Waals surface area (Å²) < 4.78 is 5.26. The molecule has 14 heavy (non-hydrogen) atoms. The first kappa shape index (κ1) is 10.3. The van der Waals surface area contributed by atoms with E-state index < -0.39 is 0 Å². The average Bonchev–Trinajstić information content (AvgIpc) is 2.14. The zero-order valence-electron chi connectivity index (χ0n) is 8.32. The molecule has 0 aliphatic carbocycles. The second-order valence-electron chi connectivity index (χ2n) is 3.13. The van der Waals surface area contributed by atoms with Gasteiger partial charge in [-0.2, -0.15) is 0 Å². The van der Waals surface area contributed by atoms with Crippen LogP contribution in [-0.2, 0) is 0 Å². The number of anilines is 1. The van der Waals surface area contributed by atoms with Crippen LogP contribution in [0.1, 0.15) is 25.3 Å². The van der Waals surface area contributed by atoms with Gasteiger partial charge < -0.3 is 10.5 Å². The van der Waals surface area contributed by atoms with Gasteiger partial charge in [0.2, 0.25) is 5.88 Å². The van der Waals surface area contributed by atoms with Gasteiger partial charge in [0.1, 0.15) is 12.1 Å². The van der Waals surface area contributed by atoms with E-state index in [9.17, 15) is 0 Å². The van der Waals surface area contributed by atoms with E-state index in [2.05, 4.69) is 15.9 Å². The van der Waals surface area contributed by atoms with Crippen molar-refractivity contribution < 1.29 is 4.74 Å². The molecule has 1 aromatic rings. The van der Waals surface area contributed by atoms with Crippen LogP contribution >= 0.6 is 0 Å². The number of aromatic nitrogens is 2. The first-order chi connectivity index (χ1) is 6.66. The Kier molecular flexibility index (Phi) is 3.29. The lowest BCUT2D eigenvalue weighted by atomic mass is 10.1. The summed E-state index contributed by atoms with van der Waals surface area (Å²) in [6, 6.07) is 0. The van der Waals surface area contributed by atoms with Crippen molar-refractivity contribution in [1.82, 2.24) is 9.97 Å². The van der Waals surface area contributed by atoms with Gasteiger partial charge in [-0.3, -0.25) is 0 Å². The van der Waals surface area contributed by atoms with E-state index in [-0.39, 0.29) is 12.5 Å². The third-order valence-corrected chi connectivity index (χ3v) is 1.75. The highest BCUT2D eigenvalue weighted by Crippen LogP contribution is 2.27. The average molecular weight is 191 g/mol. The number of terminal acetylenes is 1. The SMILES string of the molecule is C#CCOc1ncnc(N)c1C(C)C. The zero-order valence-corrected chi connectivity index (χ0v) is 8.32. The fraction of sp³-hybridized carbons (Fsp3) is 0.400. The van der Waals surface area contributed by atoms with E-state index in [1.165, 1.54) is 6.33 Å². The molecule has 0 radical (unpaired) electrons. The van der Waals surface area contributed by atoms with Crippen molar-refractivity contribution in [3.63, 3.8) is 0 Å². The molecule has 0 aliphatic heterocycles. The maximum atomic E-state index is 5.71. The quantitative estimate of drug-likeness (QED) is 0.729. The van der Waals surface area contributed by atoms with Gasteiger partial charge in [-0.05, 0) is 5.92 Å². The Labute approximate surface area is 83.5 Å². The van der Waals surface area contributed by atoms with Gasteiger partial charge in [0.05, 0.1) is 5.56 Å². The first-order valence-corrected chi connectivity index (χ1v) is 4.33. The Morgan fingerprint density at radius 3 is 2.86 bits per heavy atom. The highest BCUT2D eigenvalue weighted by atomic mass is 16.5. The molecule has 2 N–H and O–H groups in total. The van der Waals surface area contributed by atoms with Crippen LogP contribution in [-0.4, -0.2) is 16.6 Å². The second kappa shape index (κ2) is 4.47. The molecule has 1 heterocycles. The fourth-order valence-corrected chi connectivity index (χ4v) is 1.16. The lowest BCUT2D eigenvalue weighted by molar-refractivity contribution is 0.349. The van der Waals surface area contributed by atoms with Crippen LogP contribution in [0.15, 0.2) is 6.33 Å². The molecule has 4 nitrogen and oxygen atoms in total. The molecule has 0 aliphatic rings. The molecule has 1 aromatic heterocycles. The van der Waals surface area contributed by atoms with Crippen LogP contribution in [0, 0.1) is 12.3 Å². The van der Waals surface area contributed by atoms with Gasteiger partial charge in [0.25, 0.3) is 0 Å². The zero-order chi connectivity index (χ0) is 10.6. The lowest BCUT2D eigenvalue weighted by Crippen LogP contribution is -2.06. The summed E-state index contributed by atoms with van der Waals surface area (Å²) >= 11 is 0. The number of nitrogens with two attached hydrogens (primary N) is 1. The standard InChI is InChI=1S/C10H13N3O/c1-4-5-14-10-8(7(2)3)9(11)12-6-13-10/h1,6-7H,5H2,2-3H3,(H2,11,12,13). The fourth-order valence-electron chi connectivity index (χ4n) is 1.16. The van der Waals surface area contributed by atoms with E-state index in [4.69, 9.17) is 16.9 Å². The number of nitrogens with zero attached hydrogens (tertiary/aromatic N) is 2. The molecule has 0 saturated carbocycles. The summed E-state index contributed by atoms with van der Waals surface area (Å²) in [5, 5.41) is 0. The molecule has 0 spiro atoms. The summed E-state index contributed by atoms with van der Waals surface area (Å²) in [4.78, 5) is 7.89. The van der Waals surface area contributed by atoms with Gasteiger partial charge in [-0.15, -0.1) is 6.42 Å². The van der Waals surface area contributed by atoms with Crippen LogP contribution in [0.3, 0.4) is 0 Å². The molecule has 4 heteroatoms. The molecule has 0 fully saturated rings. The number of ether oxygens (including phenoxy) is 1. The van der Waals surface area contributed by atoms with E-state index in [1.54, 1.807) is 0 Å². The largest absolute Gasteiger partial charge is 0.464 e. The third-order valence-electron chi connectivity index (χ3n) is 1.75. The molecular formula is C10H13N3O. The van der Waals surface area contributed by atoms with Crippen molar-refractivity contribution in [1.29, 1.82) is 0 Å². The van der Waals surface area contributed by atoms with Crippen molar-refractivity contribution in [3.8, 4) is 18.2 Å². The highest BCUT2D eigenvalue weighted by Gasteiger charge is 2.13. The second-order valence-corrected chi connectivity index (χ2v) is 3.13. The number of nitrogen functional groups attached to an aromatic ring is 1. The molecule has 0 amide bonds. The van der Waals surface area contributed by atoms with Crippen LogP contribution in [0.25, 0.3) is 0 Å². The Hall–Kier alpha value is -1.76. The lowest BCUT2D eigenvalue weighted by Gasteiger charge is -2.12. The Morgan fingerprint density at radius 2 is 2.29 bits per heavy atom. The summed E-state index contributed by atoms with van der Waals surface area (Å²) in [5.41, 5.74) is 6.52. The van der Waals surface area contributed by atoms with E-state index in [1.807, 2.05) is 13.8 Å². The molecule has 0 bridgehead atoms. The van der Waals surface area contributed by atoms with E-state index in [0.717, 1.165) is 5.56 Å². The monoisotopic (exact) mass is 191 g/mol. The smallest absolute Gasteiger partial charge is 0.223 e. The van der Waals surface area contributed by atoms with Gasteiger partial charge >= 0.3 is 0 Å². The Morgan fingerprint density at radius 1 is 1.57 bits per heavy atom. The van der Waals surface area contributed by atoms with Crippen LogP contribution < -0.4 is 10.5 Å². The van der Waals surface area contributed by atoms with Gasteiger partial charge in [-0.1, -0.05) is 19.8 Å². The van der Waals surface area contributed by atoms with Crippen molar-refractivity contribution in [2.24, 2.45) is 0 Å². The highest BCUT2D eigenvalue weighted by molar-refractivity contribution is 5.46. The normalized spacial score (nSPS) is 9.86. The van der Waals surface area contributed by atoms with Crippen LogP contribution in [0.4, 0.5) is 5.82 Å². The number of rotatable bonds is 3. The van der Waals surface area contributed by atoms with E-state index in [0.29, 0.717) is 11.7 Å². The first-order valence-electron chi connectivity index (χ1n) is 4.33. The molecule has 74 valence electrons. The van der Waals surface area contributed by atoms with Crippen molar-refractivity contribution >= 4 is 5.82 Å². The summed E-state index contributed by atoms with van der Waals surface area (Å²) in [6.07, 6.45) is 6.46. The molecule has 0 aromatic carbocycles. The maximum absolute atomic E-state index is 5.71. The Bertz CT molecular complexity index is 355. The molecule has 0 saturated heterocycles. The van der Waals surface area contributed by atoms with Crippen LogP contribution in [0.2, 0.25) is 0 Å². The van der Waals surface area contributed by atoms with Crippen LogP contribution in [0.5, 0.6) is 5.88 Å². The minimum absolute atomic E-state index is 0.191. The Balaban J connectivity index is 3.03. The summed E-state index contributed by atoms with van der Waals surface area (Å²) in [6.45, 7) is 4.19. The van der Waals surface area contributed by atoms with Gasteiger partial charge in [0, 0.05) is 0 Å². The molecule has 0 atom stereocenters. The maximum Gasteiger partial charge on any atom is 0.223 e. The summed E-state index contributed by atoms with van der Waals surface area (Å²) in [7, 11) is 0. The molecule has 0 unspecified atom stereocenters. The van der Waals surface area contributed by atoms with E-state index >= 15 is 0 Å². The van der Waals surface area contributed by atoms with Crippen molar-refractivity contribution in [3.05, 3.63) is 11.9 Å². The predicted octanol–water partition coefficient (Wildman–Crippen LogP) is 1.19. The minimum atomic E-state index is 0.191. The third kappa shape index (κ3) is 2.13. The van der Waals surface area contributed by atoms with Crippen molar-refractivity contribution in [2.75, 3.05) is 12.3 Å². The summed E-state index contributed by atoms with van der Waals surface area (Å²) in [5.74, 6) is 3.51. The number of hydrogen-bond donors (Lipinski definition) is 1. The van der Waals surface area contributed by atoms with Gasteiger partial charge in [0.15, 0.2) is 6.61 Å². The predicted molar refractivity (Wildman–Crippen MR) is 54.9 cm³/mol. The molecular weight excluding hydrogens is 178 g/mol. The van der Waals surface area contributed by atoms with Crippen molar-refractivity contribution in [2.45, 2.75) is 19.8 Å². The van der Waals surface area contributed by atoms with Gasteiger partial charge in [-0.25, -0.2) is 9.97 Å². The molecule has 1 rings (SSSR count). The number of hydrogen-bond acceptors (Lipinski definition) is 4.